The molecule has 1 aliphatic carbocycles. The van der Waals surface area contributed by atoms with E-state index >= 15 is 0 Å². The van der Waals surface area contributed by atoms with Crippen molar-refractivity contribution in [1.82, 2.24) is 19.8 Å². The molecule has 2 aromatic carbocycles. The van der Waals surface area contributed by atoms with Crippen molar-refractivity contribution in [3.63, 3.8) is 0 Å². The number of amides is 2. The average molecular weight is 421 g/mol. The number of carbonyl (C=O) groups excluding carboxylic acids is 2. The Morgan fingerprint density at radius 2 is 1.65 bits per heavy atom. The van der Waals surface area contributed by atoms with Gasteiger partial charge in [0.2, 0.25) is 11.8 Å². The van der Waals surface area contributed by atoms with Gasteiger partial charge in [0.1, 0.15) is 6.04 Å². The van der Waals surface area contributed by atoms with Gasteiger partial charge in [-0.3, -0.25) is 18.7 Å². The SMILES string of the molecule is CCn1c(=O)n(CCC(=O)NC(Cc2ccccc2)C(=O)NC2CC2)c2ccccc21. The van der Waals surface area contributed by atoms with Crippen molar-refractivity contribution in [3.8, 4) is 0 Å². The Labute approximate surface area is 181 Å². The summed E-state index contributed by atoms with van der Waals surface area (Å²) >= 11 is 0. The highest BCUT2D eigenvalue weighted by Gasteiger charge is 2.28. The van der Waals surface area contributed by atoms with Crippen LogP contribution < -0.4 is 16.3 Å². The van der Waals surface area contributed by atoms with Crippen LogP contribution in [0.15, 0.2) is 59.4 Å². The standard InChI is InChI=1S/C24H28N4O3/c1-2-27-20-10-6-7-11-21(20)28(24(27)31)15-14-22(29)26-19(23(30)25-18-12-13-18)16-17-8-4-3-5-9-17/h3-11,18-19H,2,12-16H2,1H3,(H,25,30)(H,26,29). The number of imidazole rings is 1. The van der Waals surface area contributed by atoms with E-state index in [-0.39, 0.29) is 36.5 Å². The van der Waals surface area contributed by atoms with Gasteiger partial charge in [-0.05, 0) is 37.5 Å². The van der Waals surface area contributed by atoms with Gasteiger partial charge < -0.3 is 10.6 Å². The van der Waals surface area contributed by atoms with Crippen molar-refractivity contribution in [3.05, 3.63) is 70.6 Å². The molecular weight excluding hydrogens is 392 g/mol. The van der Waals surface area contributed by atoms with Crippen LogP contribution in [0.4, 0.5) is 0 Å². The molecule has 1 atom stereocenters. The number of hydrogen-bond acceptors (Lipinski definition) is 3. The Balaban J connectivity index is 1.45. The van der Waals surface area contributed by atoms with Crippen LogP contribution in [0.25, 0.3) is 11.0 Å². The van der Waals surface area contributed by atoms with E-state index in [1.54, 1.807) is 9.13 Å². The zero-order valence-electron chi connectivity index (χ0n) is 17.7. The highest BCUT2D eigenvalue weighted by molar-refractivity contribution is 5.88. The smallest absolute Gasteiger partial charge is 0.329 e. The zero-order chi connectivity index (χ0) is 21.8. The summed E-state index contributed by atoms with van der Waals surface area (Å²) in [5.41, 5.74) is 2.54. The molecule has 162 valence electrons. The molecule has 1 aromatic heterocycles. The Morgan fingerprint density at radius 3 is 2.29 bits per heavy atom. The minimum Gasteiger partial charge on any atom is -0.352 e. The van der Waals surface area contributed by atoms with Gasteiger partial charge in [0.15, 0.2) is 0 Å². The maximum atomic E-state index is 12.8. The number of nitrogens with zero attached hydrogens (tertiary/aromatic N) is 2. The van der Waals surface area contributed by atoms with E-state index in [2.05, 4.69) is 10.6 Å². The molecule has 2 N–H and O–H groups in total. The fourth-order valence-corrected chi connectivity index (χ4v) is 3.86. The number of aromatic nitrogens is 2. The first kappa shape index (κ1) is 20.9. The second-order valence-electron chi connectivity index (χ2n) is 8.01. The molecule has 31 heavy (non-hydrogen) atoms. The zero-order valence-corrected chi connectivity index (χ0v) is 17.7. The van der Waals surface area contributed by atoms with Gasteiger partial charge in [-0.2, -0.15) is 0 Å². The lowest BCUT2D eigenvalue weighted by Crippen LogP contribution is -2.48. The lowest BCUT2D eigenvalue weighted by Gasteiger charge is -2.19. The van der Waals surface area contributed by atoms with Crippen molar-refractivity contribution in [1.29, 1.82) is 0 Å². The summed E-state index contributed by atoms with van der Waals surface area (Å²) in [5, 5.41) is 5.87. The number of hydrogen-bond donors (Lipinski definition) is 2. The van der Waals surface area contributed by atoms with Gasteiger partial charge in [-0.1, -0.05) is 42.5 Å². The number of aryl methyl sites for hydroxylation is 2. The summed E-state index contributed by atoms with van der Waals surface area (Å²) in [6.45, 7) is 2.76. The molecule has 7 heteroatoms. The van der Waals surface area contributed by atoms with Crippen LogP contribution in [-0.2, 0) is 29.1 Å². The van der Waals surface area contributed by atoms with Gasteiger partial charge in [-0.15, -0.1) is 0 Å². The minimum absolute atomic E-state index is 0.121. The van der Waals surface area contributed by atoms with Crippen LogP contribution in [0.5, 0.6) is 0 Å². The van der Waals surface area contributed by atoms with Gasteiger partial charge in [0.05, 0.1) is 11.0 Å². The van der Waals surface area contributed by atoms with Gasteiger partial charge in [0, 0.05) is 32.0 Å². The number of fused-ring (bicyclic) bond motifs is 1. The first-order valence-corrected chi connectivity index (χ1v) is 10.9. The van der Waals surface area contributed by atoms with Crippen LogP contribution in [0.2, 0.25) is 0 Å². The summed E-state index contributed by atoms with van der Waals surface area (Å²) in [4.78, 5) is 38.2. The first-order chi connectivity index (χ1) is 15.1. The molecule has 1 aliphatic rings. The van der Waals surface area contributed by atoms with Crippen molar-refractivity contribution < 1.29 is 9.59 Å². The molecule has 0 radical (unpaired) electrons. The van der Waals surface area contributed by atoms with E-state index in [9.17, 15) is 14.4 Å². The first-order valence-electron chi connectivity index (χ1n) is 10.9. The number of nitrogens with one attached hydrogen (secondary N) is 2. The highest BCUT2D eigenvalue weighted by Crippen LogP contribution is 2.19. The Kier molecular flexibility index (Phi) is 6.21. The molecule has 0 aliphatic heterocycles. The van der Waals surface area contributed by atoms with Gasteiger partial charge in [-0.25, -0.2) is 4.79 Å². The maximum absolute atomic E-state index is 12.8. The summed E-state index contributed by atoms with van der Waals surface area (Å²) in [5.74, 6) is -0.397. The third-order valence-electron chi connectivity index (χ3n) is 5.66. The molecule has 1 fully saturated rings. The number of carbonyl (C=O) groups is 2. The summed E-state index contributed by atoms with van der Waals surface area (Å²) in [6, 6.07) is 16.8. The molecule has 1 saturated carbocycles. The number of rotatable bonds is 9. The van der Waals surface area contributed by atoms with Crippen LogP contribution in [0.1, 0.15) is 31.7 Å². The second-order valence-corrected chi connectivity index (χ2v) is 8.01. The highest BCUT2D eigenvalue weighted by atomic mass is 16.2. The third kappa shape index (κ3) is 4.87. The lowest BCUT2D eigenvalue weighted by atomic mass is 10.0. The Morgan fingerprint density at radius 1 is 1.00 bits per heavy atom. The van der Waals surface area contributed by atoms with E-state index in [0.717, 1.165) is 29.4 Å². The fraction of sp³-hybridized carbons (Fsp3) is 0.375. The maximum Gasteiger partial charge on any atom is 0.329 e. The molecule has 1 heterocycles. The molecule has 7 nitrogen and oxygen atoms in total. The number of benzene rings is 2. The largest absolute Gasteiger partial charge is 0.352 e. The van der Waals surface area contributed by atoms with E-state index in [0.29, 0.717) is 13.0 Å². The molecule has 0 spiro atoms. The minimum atomic E-state index is -0.635. The predicted octanol–water partition coefficient (Wildman–Crippen LogP) is 2.22. The van der Waals surface area contributed by atoms with Crippen molar-refractivity contribution in [2.75, 3.05) is 0 Å². The van der Waals surface area contributed by atoms with Crippen LogP contribution in [0.3, 0.4) is 0 Å². The van der Waals surface area contributed by atoms with Gasteiger partial charge in [0.25, 0.3) is 0 Å². The molecule has 4 rings (SSSR count). The van der Waals surface area contributed by atoms with E-state index in [4.69, 9.17) is 0 Å². The third-order valence-corrected chi connectivity index (χ3v) is 5.66. The lowest BCUT2D eigenvalue weighted by molar-refractivity contribution is -0.129. The summed E-state index contributed by atoms with van der Waals surface area (Å²) in [7, 11) is 0. The van der Waals surface area contributed by atoms with E-state index in [1.165, 1.54) is 0 Å². The van der Waals surface area contributed by atoms with Crippen molar-refractivity contribution in [2.24, 2.45) is 0 Å². The van der Waals surface area contributed by atoms with Crippen LogP contribution >= 0.6 is 0 Å². The predicted molar refractivity (Wildman–Crippen MR) is 120 cm³/mol. The second kappa shape index (κ2) is 9.20. The summed E-state index contributed by atoms with van der Waals surface area (Å²) < 4.78 is 3.34. The van der Waals surface area contributed by atoms with Crippen molar-refractivity contribution in [2.45, 2.75) is 57.8 Å². The molecule has 0 bridgehead atoms. The average Bonchev–Trinajstić information content (AvgIpc) is 3.54. The van der Waals surface area contributed by atoms with Crippen LogP contribution in [-0.4, -0.2) is 33.0 Å². The van der Waals surface area contributed by atoms with E-state index in [1.807, 2.05) is 61.5 Å². The topological polar surface area (TPSA) is 85.1 Å². The molecule has 0 saturated heterocycles. The summed E-state index contributed by atoms with van der Waals surface area (Å²) in [6.07, 6.45) is 2.53. The Bertz CT molecular complexity index is 1130. The Hall–Kier alpha value is -3.35. The quantitative estimate of drug-likeness (QED) is 0.557. The van der Waals surface area contributed by atoms with Crippen LogP contribution in [0, 0.1) is 0 Å². The van der Waals surface area contributed by atoms with Crippen molar-refractivity contribution >= 4 is 22.8 Å². The fourth-order valence-electron chi connectivity index (χ4n) is 3.86. The monoisotopic (exact) mass is 420 g/mol. The number of para-hydroxylation sites is 2. The van der Waals surface area contributed by atoms with E-state index < -0.39 is 6.04 Å². The molecule has 2 amide bonds. The molecule has 3 aromatic rings. The van der Waals surface area contributed by atoms with Gasteiger partial charge >= 0.3 is 5.69 Å². The molecular formula is C24H28N4O3. The molecule has 1 unspecified atom stereocenters. The normalized spacial score (nSPS) is 14.4.